The average Bonchev–Trinajstić information content (AvgIpc) is 3.17. The van der Waals surface area contributed by atoms with Crippen molar-refractivity contribution in [3.63, 3.8) is 0 Å². The molecule has 0 aliphatic carbocycles. The molecule has 2 aromatic carbocycles. The second kappa shape index (κ2) is 6.21. The van der Waals surface area contributed by atoms with Crippen LogP contribution in [0.25, 0.3) is 16.9 Å². The Kier molecular flexibility index (Phi) is 4.12. The third-order valence-electron chi connectivity index (χ3n) is 4.29. The number of benzene rings is 2. The van der Waals surface area contributed by atoms with E-state index in [0.29, 0.717) is 33.5 Å². The lowest BCUT2D eigenvalue weighted by Crippen LogP contribution is -2.07. The molecule has 0 unspecified atom stereocenters. The van der Waals surface area contributed by atoms with Crippen molar-refractivity contribution in [3.05, 3.63) is 63.6 Å². The van der Waals surface area contributed by atoms with Gasteiger partial charge in [-0.1, -0.05) is 29.3 Å². The van der Waals surface area contributed by atoms with E-state index in [1.54, 1.807) is 22.9 Å². The molecule has 1 aromatic heterocycles. The molecule has 0 saturated carbocycles. The molecule has 134 valence electrons. The summed E-state index contributed by atoms with van der Waals surface area (Å²) in [5.74, 6) is 0.746. The van der Waals surface area contributed by atoms with E-state index in [9.17, 15) is 13.2 Å². The van der Waals surface area contributed by atoms with Gasteiger partial charge >= 0.3 is 6.18 Å². The van der Waals surface area contributed by atoms with Gasteiger partial charge in [0.1, 0.15) is 11.5 Å². The summed E-state index contributed by atoms with van der Waals surface area (Å²) in [5.41, 5.74) is 2.03. The summed E-state index contributed by atoms with van der Waals surface area (Å²) in [4.78, 5) is 0. The summed E-state index contributed by atoms with van der Waals surface area (Å²) in [6.45, 7) is 0.711. The molecule has 0 bridgehead atoms. The highest BCUT2D eigenvalue weighted by Crippen LogP contribution is 2.41. The van der Waals surface area contributed by atoms with Gasteiger partial charge < -0.3 is 5.32 Å². The minimum Gasteiger partial charge on any atom is -0.369 e. The van der Waals surface area contributed by atoms with Crippen molar-refractivity contribution in [2.75, 3.05) is 11.9 Å². The molecule has 8 heteroatoms. The average molecular weight is 398 g/mol. The lowest BCUT2D eigenvalue weighted by Gasteiger charge is -2.10. The van der Waals surface area contributed by atoms with Crippen LogP contribution < -0.4 is 5.32 Å². The van der Waals surface area contributed by atoms with Crippen LogP contribution in [0.1, 0.15) is 11.1 Å². The van der Waals surface area contributed by atoms with Gasteiger partial charge in [0.25, 0.3) is 0 Å². The zero-order valence-electron chi connectivity index (χ0n) is 13.2. The van der Waals surface area contributed by atoms with Crippen LogP contribution in [-0.4, -0.2) is 16.3 Å². The van der Waals surface area contributed by atoms with Crippen molar-refractivity contribution in [1.29, 1.82) is 0 Å². The summed E-state index contributed by atoms with van der Waals surface area (Å²) in [6.07, 6.45) is -3.65. The highest BCUT2D eigenvalue weighted by Gasteiger charge is 2.31. The number of rotatable bonds is 2. The van der Waals surface area contributed by atoms with Gasteiger partial charge in [0.05, 0.1) is 21.3 Å². The van der Waals surface area contributed by atoms with Crippen LogP contribution in [0.2, 0.25) is 10.0 Å². The molecular formula is C18H12Cl2F3N3. The molecule has 1 aliphatic rings. The Morgan fingerprint density at radius 3 is 2.27 bits per heavy atom. The maximum absolute atomic E-state index is 12.8. The van der Waals surface area contributed by atoms with Crippen LogP contribution in [0.3, 0.4) is 0 Å². The number of alkyl halides is 3. The van der Waals surface area contributed by atoms with Crippen molar-refractivity contribution >= 4 is 29.0 Å². The number of anilines is 1. The molecule has 0 saturated heterocycles. The quantitative estimate of drug-likeness (QED) is 0.589. The minimum absolute atomic E-state index is 0.476. The number of fused-ring (bicyclic) bond motifs is 1. The molecule has 0 radical (unpaired) electrons. The predicted molar refractivity (Wildman–Crippen MR) is 96.2 cm³/mol. The Bertz CT molecular complexity index is 958. The van der Waals surface area contributed by atoms with Crippen molar-refractivity contribution in [1.82, 2.24) is 9.78 Å². The van der Waals surface area contributed by atoms with Gasteiger partial charge in [-0.3, -0.25) is 0 Å². The van der Waals surface area contributed by atoms with Gasteiger partial charge in [0, 0.05) is 17.7 Å². The molecule has 2 heterocycles. The number of aromatic nitrogens is 2. The van der Waals surface area contributed by atoms with Crippen LogP contribution in [-0.2, 0) is 12.6 Å². The Balaban J connectivity index is 1.85. The first-order chi connectivity index (χ1) is 12.4. The lowest BCUT2D eigenvalue weighted by molar-refractivity contribution is -0.137. The highest BCUT2D eigenvalue weighted by atomic mass is 35.5. The fourth-order valence-electron chi connectivity index (χ4n) is 3.08. The SMILES string of the molecule is FC(F)(F)c1ccc(-n2nc(-c3c(Cl)cccc3Cl)c3c2NCC3)cc1. The Hall–Kier alpha value is -2.18. The van der Waals surface area contributed by atoms with E-state index in [1.165, 1.54) is 12.1 Å². The third kappa shape index (κ3) is 2.83. The molecule has 3 aromatic rings. The molecule has 1 aliphatic heterocycles. The zero-order chi connectivity index (χ0) is 18.5. The van der Waals surface area contributed by atoms with Gasteiger partial charge in [0.2, 0.25) is 0 Å². The van der Waals surface area contributed by atoms with Crippen LogP contribution in [0.15, 0.2) is 42.5 Å². The van der Waals surface area contributed by atoms with E-state index < -0.39 is 11.7 Å². The number of nitrogens with one attached hydrogen (secondary N) is 1. The zero-order valence-corrected chi connectivity index (χ0v) is 14.8. The molecule has 26 heavy (non-hydrogen) atoms. The summed E-state index contributed by atoms with van der Waals surface area (Å²) in [5, 5.41) is 8.78. The van der Waals surface area contributed by atoms with Crippen molar-refractivity contribution < 1.29 is 13.2 Å². The highest BCUT2D eigenvalue weighted by molar-refractivity contribution is 6.39. The van der Waals surface area contributed by atoms with Gasteiger partial charge in [-0.05, 0) is 42.8 Å². The Morgan fingerprint density at radius 2 is 1.65 bits per heavy atom. The van der Waals surface area contributed by atoms with Crippen molar-refractivity contribution in [3.8, 4) is 16.9 Å². The van der Waals surface area contributed by atoms with E-state index in [-0.39, 0.29) is 0 Å². The largest absolute Gasteiger partial charge is 0.416 e. The number of hydrogen-bond donors (Lipinski definition) is 1. The number of halogens is 5. The van der Waals surface area contributed by atoms with Crippen molar-refractivity contribution in [2.24, 2.45) is 0 Å². The minimum atomic E-state index is -4.38. The van der Waals surface area contributed by atoms with Gasteiger partial charge in [-0.15, -0.1) is 0 Å². The van der Waals surface area contributed by atoms with Gasteiger partial charge in [-0.25, -0.2) is 4.68 Å². The maximum atomic E-state index is 12.8. The molecule has 0 amide bonds. The topological polar surface area (TPSA) is 29.9 Å². The molecule has 0 atom stereocenters. The number of nitrogens with zero attached hydrogens (tertiary/aromatic N) is 2. The normalized spacial score (nSPS) is 13.6. The standard InChI is InChI=1S/C18H12Cl2F3N3/c19-13-2-1-3-14(20)15(13)16-12-8-9-24-17(12)26(25-16)11-6-4-10(5-7-11)18(21,22)23/h1-7,24H,8-9H2. The van der Waals surface area contributed by atoms with Crippen LogP contribution >= 0.6 is 23.2 Å². The smallest absolute Gasteiger partial charge is 0.369 e. The van der Waals surface area contributed by atoms with E-state index in [1.807, 2.05) is 0 Å². The van der Waals surface area contributed by atoms with Crippen molar-refractivity contribution in [2.45, 2.75) is 12.6 Å². The fraction of sp³-hybridized carbons (Fsp3) is 0.167. The Morgan fingerprint density at radius 1 is 1.00 bits per heavy atom. The number of hydrogen-bond acceptors (Lipinski definition) is 2. The fourth-order valence-corrected chi connectivity index (χ4v) is 3.65. The molecule has 1 N–H and O–H groups in total. The summed E-state index contributed by atoms with van der Waals surface area (Å²) >= 11 is 12.6. The van der Waals surface area contributed by atoms with Crippen LogP contribution in [0.5, 0.6) is 0 Å². The molecule has 3 nitrogen and oxygen atoms in total. The van der Waals surface area contributed by atoms with Gasteiger partial charge in [-0.2, -0.15) is 18.3 Å². The summed E-state index contributed by atoms with van der Waals surface area (Å²) < 4.78 is 40.0. The summed E-state index contributed by atoms with van der Waals surface area (Å²) in [7, 11) is 0. The molecule has 0 fully saturated rings. The molecule has 4 rings (SSSR count). The second-order valence-corrected chi connectivity index (χ2v) is 6.72. The first-order valence-electron chi connectivity index (χ1n) is 7.84. The monoisotopic (exact) mass is 397 g/mol. The van der Waals surface area contributed by atoms with E-state index in [4.69, 9.17) is 23.2 Å². The molecular weight excluding hydrogens is 386 g/mol. The lowest BCUT2D eigenvalue weighted by atomic mass is 10.1. The molecule has 0 spiro atoms. The Labute approximate surface area is 157 Å². The van der Waals surface area contributed by atoms with Crippen LogP contribution in [0.4, 0.5) is 19.0 Å². The van der Waals surface area contributed by atoms with E-state index in [2.05, 4.69) is 10.4 Å². The first kappa shape index (κ1) is 17.2. The predicted octanol–water partition coefficient (Wildman–Crippen LogP) is 5.83. The second-order valence-electron chi connectivity index (χ2n) is 5.91. The van der Waals surface area contributed by atoms with E-state index >= 15 is 0 Å². The third-order valence-corrected chi connectivity index (χ3v) is 4.92. The van der Waals surface area contributed by atoms with Crippen LogP contribution in [0, 0.1) is 0 Å². The maximum Gasteiger partial charge on any atom is 0.416 e. The van der Waals surface area contributed by atoms with Gasteiger partial charge in [0.15, 0.2) is 0 Å². The summed E-state index contributed by atoms with van der Waals surface area (Å²) in [6, 6.07) is 10.1. The first-order valence-corrected chi connectivity index (χ1v) is 8.59. The van der Waals surface area contributed by atoms with E-state index in [0.717, 1.165) is 29.9 Å².